The molecule has 0 radical (unpaired) electrons. The van der Waals surface area contributed by atoms with Gasteiger partial charge in [-0.05, 0) is 35.9 Å². The molecule has 3 N–H and O–H groups in total. The predicted molar refractivity (Wildman–Crippen MR) is 136 cm³/mol. The van der Waals surface area contributed by atoms with E-state index in [9.17, 15) is 4.39 Å². The summed E-state index contributed by atoms with van der Waals surface area (Å²) < 4.78 is 20.7. The summed E-state index contributed by atoms with van der Waals surface area (Å²) in [5, 5.41) is 12.7. The molecule has 10 nitrogen and oxygen atoms in total. The van der Waals surface area contributed by atoms with Crippen LogP contribution in [0.15, 0.2) is 60.1 Å². The molecule has 0 atom stereocenters. The second-order valence-electron chi connectivity index (χ2n) is 8.37. The fourth-order valence-corrected chi connectivity index (χ4v) is 4.01. The highest BCUT2D eigenvalue weighted by atomic mass is 19.1. The first-order valence-electron chi connectivity index (χ1n) is 11.7. The van der Waals surface area contributed by atoms with Gasteiger partial charge in [0.2, 0.25) is 0 Å². The van der Waals surface area contributed by atoms with Crippen LogP contribution < -0.4 is 11.1 Å². The van der Waals surface area contributed by atoms with E-state index in [-0.39, 0.29) is 11.6 Å². The minimum absolute atomic E-state index is 0.263. The predicted octanol–water partition coefficient (Wildman–Crippen LogP) is 3.02. The van der Waals surface area contributed by atoms with E-state index in [4.69, 9.17) is 15.3 Å². The molecule has 0 unspecified atom stereocenters. The van der Waals surface area contributed by atoms with Gasteiger partial charge in [0.1, 0.15) is 30.4 Å². The summed E-state index contributed by atoms with van der Waals surface area (Å²) in [4.78, 5) is 16.1. The first-order chi connectivity index (χ1) is 17.7. The summed E-state index contributed by atoms with van der Waals surface area (Å²) >= 11 is 0. The Kier molecular flexibility index (Phi) is 7.29. The molecule has 0 amide bonds. The van der Waals surface area contributed by atoms with E-state index in [1.807, 2.05) is 28.9 Å². The molecular weight excluding hydrogens is 463 g/mol. The third kappa shape index (κ3) is 5.75. The number of nitrogen functional groups attached to an aromatic ring is 1. The minimum Gasteiger partial charge on any atom is -0.394 e. The zero-order valence-electron chi connectivity index (χ0n) is 19.7. The van der Waals surface area contributed by atoms with E-state index in [0.29, 0.717) is 24.5 Å². The largest absolute Gasteiger partial charge is 0.394 e. The van der Waals surface area contributed by atoms with Gasteiger partial charge in [-0.3, -0.25) is 9.58 Å². The topological polar surface area (TPSA) is 116 Å². The van der Waals surface area contributed by atoms with Crippen LogP contribution in [0.3, 0.4) is 0 Å². The molecule has 0 saturated carbocycles. The number of aromatic nitrogens is 4. The number of hydrogen-bond acceptors (Lipinski definition) is 9. The number of nitrogens with two attached hydrogens (primary N) is 1. The Morgan fingerprint density at radius 1 is 1.17 bits per heavy atom. The molecule has 1 saturated heterocycles. The van der Waals surface area contributed by atoms with Crippen LogP contribution in [0.1, 0.15) is 11.1 Å². The van der Waals surface area contributed by atoms with Crippen LogP contribution in [0, 0.1) is 5.82 Å². The molecule has 1 aliphatic rings. The molecule has 5 rings (SSSR count). The molecular formula is C25H27FN8O2. The molecule has 36 heavy (non-hydrogen) atoms. The molecule has 1 fully saturated rings. The van der Waals surface area contributed by atoms with Crippen molar-refractivity contribution in [3.05, 3.63) is 71.9 Å². The summed E-state index contributed by atoms with van der Waals surface area (Å²) in [7, 11) is 0. The van der Waals surface area contributed by atoms with Crippen LogP contribution in [0.5, 0.6) is 0 Å². The van der Waals surface area contributed by atoms with Gasteiger partial charge in [0, 0.05) is 30.7 Å². The zero-order valence-corrected chi connectivity index (χ0v) is 19.7. The number of nitrogens with one attached hydrogen (secondary N) is 1. The number of benzene rings is 2. The van der Waals surface area contributed by atoms with Gasteiger partial charge in [0.25, 0.3) is 0 Å². The average Bonchev–Trinajstić information content (AvgIpc) is 3.28. The first-order valence-corrected chi connectivity index (χ1v) is 11.7. The summed E-state index contributed by atoms with van der Waals surface area (Å²) in [6, 6.07) is 12.4. The summed E-state index contributed by atoms with van der Waals surface area (Å²) in [6.45, 7) is 5.00. The van der Waals surface area contributed by atoms with Gasteiger partial charge in [-0.25, -0.2) is 14.4 Å². The monoisotopic (exact) mass is 490 g/mol. The number of morpholine rings is 1. The maximum atomic E-state index is 13.5. The highest BCUT2D eigenvalue weighted by molar-refractivity contribution is 5.93. The molecule has 2 aromatic heterocycles. The second-order valence-corrected chi connectivity index (χ2v) is 8.37. The summed E-state index contributed by atoms with van der Waals surface area (Å²) in [5.74, 6) is 0.535. The second kappa shape index (κ2) is 11.1. The van der Waals surface area contributed by atoms with Crippen molar-refractivity contribution in [3.63, 3.8) is 0 Å². The van der Waals surface area contributed by atoms with Gasteiger partial charge >= 0.3 is 0 Å². The van der Waals surface area contributed by atoms with Gasteiger partial charge in [-0.2, -0.15) is 5.10 Å². The van der Waals surface area contributed by atoms with E-state index >= 15 is 0 Å². The number of hydrogen-bond donors (Lipinski definition) is 2. The minimum atomic E-state index is -0.263. The number of fused-ring (bicyclic) bond motifs is 1. The lowest BCUT2D eigenvalue weighted by Gasteiger charge is -2.25. The van der Waals surface area contributed by atoms with E-state index in [1.165, 1.54) is 24.7 Å². The zero-order chi connectivity index (χ0) is 24.7. The van der Waals surface area contributed by atoms with Crippen molar-refractivity contribution in [1.82, 2.24) is 24.6 Å². The summed E-state index contributed by atoms with van der Waals surface area (Å²) in [6.07, 6.45) is 4.69. The molecule has 1 aliphatic heterocycles. The molecule has 4 aromatic rings. The van der Waals surface area contributed by atoms with Gasteiger partial charge in [-0.1, -0.05) is 17.3 Å². The van der Waals surface area contributed by atoms with Crippen LogP contribution in [0.25, 0.3) is 10.9 Å². The SMILES string of the molecule is Nc1ncnc(Nc2ccc3c(cnn3Cc3cccc(F)c3)c2)c1/C=N/OCCN1CCOCC1. The highest BCUT2D eigenvalue weighted by Gasteiger charge is 2.11. The van der Waals surface area contributed by atoms with Crippen molar-refractivity contribution >= 4 is 34.4 Å². The number of anilines is 3. The van der Waals surface area contributed by atoms with E-state index < -0.39 is 0 Å². The lowest BCUT2D eigenvalue weighted by Crippen LogP contribution is -2.38. The fraction of sp³-hybridized carbons (Fsp3) is 0.280. The van der Waals surface area contributed by atoms with Gasteiger partial charge in [-0.15, -0.1) is 0 Å². The maximum absolute atomic E-state index is 13.5. The molecule has 0 spiro atoms. The lowest BCUT2D eigenvalue weighted by atomic mass is 10.2. The molecule has 2 aromatic carbocycles. The smallest absolute Gasteiger partial charge is 0.144 e. The number of ether oxygens (including phenoxy) is 1. The maximum Gasteiger partial charge on any atom is 0.144 e. The third-order valence-corrected chi connectivity index (χ3v) is 5.90. The number of oxime groups is 1. The standard InChI is InChI=1S/C25H27FN8O2/c26-20-3-1-2-18(12-20)16-34-23-5-4-21(13-19(23)14-30-34)32-25-22(24(27)28-17-29-25)15-31-36-11-8-33-6-9-35-10-7-33/h1-5,12-15,17H,6-11,16H2,(H3,27,28,29,32)/b31-15+. The Bertz CT molecular complexity index is 1350. The normalized spacial score (nSPS) is 14.5. The first kappa shape index (κ1) is 23.6. The average molecular weight is 491 g/mol. The van der Waals surface area contributed by atoms with Crippen molar-refractivity contribution in [2.75, 3.05) is 50.5 Å². The van der Waals surface area contributed by atoms with Crippen molar-refractivity contribution in [2.45, 2.75) is 6.54 Å². The Morgan fingerprint density at radius 3 is 2.92 bits per heavy atom. The highest BCUT2D eigenvalue weighted by Crippen LogP contribution is 2.24. The quantitative estimate of drug-likeness (QED) is 0.209. The number of nitrogens with zero attached hydrogens (tertiary/aromatic N) is 6. The van der Waals surface area contributed by atoms with Crippen molar-refractivity contribution < 1.29 is 14.0 Å². The molecule has 3 heterocycles. The van der Waals surface area contributed by atoms with Crippen LogP contribution in [0.4, 0.5) is 21.7 Å². The van der Waals surface area contributed by atoms with Crippen LogP contribution in [-0.2, 0) is 16.1 Å². The van der Waals surface area contributed by atoms with Crippen LogP contribution >= 0.6 is 0 Å². The van der Waals surface area contributed by atoms with Gasteiger partial charge in [0.05, 0.1) is 43.3 Å². The number of halogens is 1. The van der Waals surface area contributed by atoms with E-state index in [1.54, 1.807) is 12.3 Å². The van der Waals surface area contributed by atoms with E-state index in [0.717, 1.165) is 55.0 Å². The third-order valence-electron chi connectivity index (χ3n) is 5.90. The Morgan fingerprint density at radius 2 is 2.06 bits per heavy atom. The van der Waals surface area contributed by atoms with Gasteiger partial charge in [0.15, 0.2) is 0 Å². The Labute approximate surface area is 207 Å². The lowest BCUT2D eigenvalue weighted by molar-refractivity contribution is 0.0214. The Hall–Kier alpha value is -4.09. The molecule has 11 heteroatoms. The van der Waals surface area contributed by atoms with Crippen LogP contribution in [0.2, 0.25) is 0 Å². The van der Waals surface area contributed by atoms with E-state index in [2.05, 4.69) is 30.4 Å². The molecule has 186 valence electrons. The number of rotatable bonds is 9. The van der Waals surface area contributed by atoms with Crippen molar-refractivity contribution in [2.24, 2.45) is 5.16 Å². The molecule has 0 aliphatic carbocycles. The van der Waals surface area contributed by atoms with Gasteiger partial charge < -0.3 is 20.6 Å². The van der Waals surface area contributed by atoms with Crippen LogP contribution in [-0.4, -0.2) is 70.3 Å². The fourth-order valence-electron chi connectivity index (χ4n) is 4.01. The molecule has 0 bridgehead atoms. The summed E-state index contributed by atoms with van der Waals surface area (Å²) in [5.41, 5.74) is 9.19. The van der Waals surface area contributed by atoms with Crippen molar-refractivity contribution in [3.8, 4) is 0 Å². The van der Waals surface area contributed by atoms with Crippen molar-refractivity contribution in [1.29, 1.82) is 0 Å². The Balaban J connectivity index is 1.26.